The molecule has 0 amide bonds. The van der Waals surface area contributed by atoms with Crippen molar-refractivity contribution >= 4 is 5.69 Å². The summed E-state index contributed by atoms with van der Waals surface area (Å²) in [5, 5.41) is 0. The number of morpholine rings is 1. The molecule has 1 aromatic rings. The van der Waals surface area contributed by atoms with E-state index in [-0.39, 0.29) is 0 Å². The average Bonchev–Trinajstić information content (AvgIpc) is 2.53. The van der Waals surface area contributed by atoms with Gasteiger partial charge in [0.25, 0.3) is 0 Å². The SMILES string of the molecule is CC(C)c1ccc2c(c1)CCCN2CCN1CCOCC1. The van der Waals surface area contributed by atoms with Crippen LogP contribution in [0.25, 0.3) is 0 Å². The number of nitrogens with zero attached hydrogens (tertiary/aromatic N) is 2. The number of hydrogen-bond donors (Lipinski definition) is 0. The number of ether oxygens (including phenoxy) is 1. The zero-order valence-electron chi connectivity index (χ0n) is 13.5. The van der Waals surface area contributed by atoms with Crippen molar-refractivity contribution < 1.29 is 4.74 Å². The Labute approximate surface area is 128 Å². The summed E-state index contributed by atoms with van der Waals surface area (Å²) in [7, 11) is 0. The first-order valence-corrected chi connectivity index (χ1v) is 8.42. The third-order valence-corrected chi connectivity index (χ3v) is 4.77. The van der Waals surface area contributed by atoms with Gasteiger partial charge in [-0.15, -0.1) is 0 Å². The summed E-state index contributed by atoms with van der Waals surface area (Å²) in [5.74, 6) is 0.624. The van der Waals surface area contributed by atoms with Gasteiger partial charge in [0.15, 0.2) is 0 Å². The van der Waals surface area contributed by atoms with Gasteiger partial charge in [0.1, 0.15) is 0 Å². The van der Waals surface area contributed by atoms with E-state index in [1.54, 1.807) is 5.56 Å². The number of aryl methyl sites for hydroxylation is 1. The summed E-state index contributed by atoms with van der Waals surface area (Å²) in [4.78, 5) is 5.11. The monoisotopic (exact) mass is 288 g/mol. The van der Waals surface area contributed by atoms with Crippen molar-refractivity contribution in [1.29, 1.82) is 0 Å². The third kappa shape index (κ3) is 3.58. The molecule has 0 aromatic heterocycles. The second-order valence-corrected chi connectivity index (χ2v) is 6.59. The molecule has 3 nitrogen and oxygen atoms in total. The predicted octanol–water partition coefficient (Wildman–Crippen LogP) is 2.89. The highest BCUT2D eigenvalue weighted by molar-refractivity contribution is 5.57. The van der Waals surface area contributed by atoms with E-state index in [2.05, 4.69) is 41.8 Å². The molecule has 0 atom stereocenters. The van der Waals surface area contributed by atoms with E-state index in [1.165, 1.54) is 30.6 Å². The number of fused-ring (bicyclic) bond motifs is 1. The third-order valence-electron chi connectivity index (χ3n) is 4.77. The lowest BCUT2D eigenvalue weighted by atomic mass is 9.95. The summed E-state index contributed by atoms with van der Waals surface area (Å²) >= 11 is 0. The molecule has 0 bridgehead atoms. The number of anilines is 1. The van der Waals surface area contributed by atoms with Crippen molar-refractivity contribution in [2.75, 3.05) is 50.8 Å². The molecule has 1 fully saturated rings. The van der Waals surface area contributed by atoms with Gasteiger partial charge >= 0.3 is 0 Å². The fraction of sp³-hybridized carbons (Fsp3) is 0.667. The van der Waals surface area contributed by atoms with Crippen molar-refractivity contribution in [2.24, 2.45) is 0 Å². The van der Waals surface area contributed by atoms with Gasteiger partial charge in [0.05, 0.1) is 13.2 Å². The van der Waals surface area contributed by atoms with Gasteiger partial charge in [-0.25, -0.2) is 0 Å². The van der Waals surface area contributed by atoms with Crippen LogP contribution in [0.2, 0.25) is 0 Å². The molecule has 0 saturated carbocycles. The number of rotatable bonds is 4. The standard InChI is InChI=1S/C18H28N2O/c1-15(2)16-5-6-18-17(14-16)4-3-7-20(18)9-8-19-10-12-21-13-11-19/h5-6,14-15H,3-4,7-13H2,1-2H3. The zero-order chi connectivity index (χ0) is 14.7. The van der Waals surface area contributed by atoms with Gasteiger partial charge < -0.3 is 9.64 Å². The van der Waals surface area contributed by atoms with Crippen LogP contribution in [-0.2, 0) is 11.2 Å². The van der Waals surface area contributed by atoms with Crippen molar-refractivity contribution in [1.82, 2.24) is 4.90 Å². The Kier molecular flexibility index (Phi) is 4.81. The van der Waals surface area contributed by atoms with Crippen LogP contribution in [-0.4, -0.2) is 50.8 Å². The number of benzene rings is 1. The van der Waals surface area contributed by atoms with E-state index in [4.69, 9.17) is 4.74 Å². The van der Waals surface area contributed by atoms with Gasteiger partial charge in [-0.1, -0.05) is 26.0 Å². The van der Waals surface area contributed by atoms with Crippen molar-refractivity contribution in [2.45, 2.75) is 32.6 Å². The Hall–Kier alpha value is -1.06. The lowest BCUT2D eigenvalue weighted by Gasteiger charge is -2.35. The fourth-order valence-corrected chi connectivity index (χ4v) is 3.37. The van der Waals surface area contributed by atoms with Crippen LogP contribution in [0.1, 0.15) is 37.3 Å². The predicted molar refractivity (Wildman–Crippen MR) is 88.3 cm³/mol. The average molecular weight is 288 g/mol. The first-order valence-electron chi connectivity index (χ1n) is 8.42. The van der Waals surface area contributed by atoms with Crippen LogP contribution in [0, 0.1) is 0 Å². The largest absolute Gasteiger partial charge is 0.379 e. The zero-order valence-corrected chi connectivity index (χ0v) is 13.5. The Morgan fingerprint density at radius 1 is 1.10 bits per heavy atom. The molecule has 0 unspecified atom stereocenters. The van der Waals surface area contributed by atoms with E-state index >= 15 is 0 Å². The van der Waals surface area contributed by atoms with Crippen LogP contribution in [0.3, 0.4) is 0 Å². The minimum Gasteiger partial charge on any atom is -0.379 e. The van der Waals surface area contributed by atoms with Gasteiger partial charge in [0.2, 0.25) is 0 Å². The molecule has 3 rings (SSSR count). The van der Waals surface area contributed by atoms with Gasteiger partial charge in [-0.05, 0) is 36.0 Å². The summed E-state index contributed by atoms with van der Waals surface area (Å²) in [6.07, 6.45) is 2.53. The second kappa shape index (κ2) is 6.80. The molecule has 2 aliphatic rings. The minimum atomic E-state index is 0.624. The van der Waals surface area contributed by atoms with E-state index in [9.17, 15) is 0 Å². The summed E-state index contributed by atoms with van der Waals surface area (Å²) in [6, 6.07) is 7.10. The maximum Gasteiger partial charge on any atom is 0.0594 e. The second-order valence-electron chi connectivity index (χ2n) is 6.59. The molecule has 0 aliphatic carbocycles. The molecule has 116 valence electrons. The summed E-state index contributed by atoms with van der Waals surface area (Å²) in [5.41, 5.74) is 4.50. The van der Waals surface area contributed by atoms with Crippen LogP contribution in [0.4, 0.5) is 5.69 Å². The van der Waals surface area contributed by atoms with Crippen LogP contribution in [0.15, 0.2) is 18.2 Å². The maximum atomic E-state index is 5.43. The molecular weight excluding hydrogens is 260 g/mol. The molecule has 0 spiro atoms. The smallest absolute Gasteiger partial charge is 0.0594 e. The minimum absolute atomic E-state index is 0.624. The van der Waals surface area contributed by atoms with Crippen LogP contribution >= 0.6 is 0 Å². The molecule has 1 saturated heterocycles. The van der Waals surface area contributed by atoms with E-state index in [0.29, 0.717) is 5.92 Å². The molecular formula is C18H28N2O. The quantitative estimate of drug-likeness (QED) is 0.847. The van der Waals surface area contributed by atoms with Crippen molar-refractivity contribution in [3.63, 3.8) is 0 Å². The number of hydrogen-bond acceptors (Lipinski definition) is 3. The summed E-state index contributed by atoms with van der Waals surface area (Å²) < 4.78 is 5.43. The summed E-state index contributed by atoms with van der Waals surface area (Å²) in [6.45, 7) is 12.0. The lowest BCUT2D eigenvalue weighted by molar-refractivity contribution is 0.0391. The lowest BCUT2D eigenvalue weighted by Crippen LogP contribution is -2.42. The van der Waals surface area contributed by atoms with Crippen LogP contribution < -0.4 is 4.90 Å². The first kappa shape index (κ1) is 14.9. The Morgan fingerprint density at radius 3 is 2.67 bits per heavy atom. The van der Waals surface area contributed by atoms with E-state index in [0.717, 1.165) is 39.4 Å². The van der Waals surface area contributed by atoms with Crippen LogP contribution in [0.5, 0.6) is 0 Å². The highest BCUT2D eigenvalue weighted by atomic mass is 16.5. The molecule has 2 aliphatic heterocycles. The first-order chi connectivity index (χ1) is 10.2. The molecule has 21 heavy (non-hydrogen) atoms. The molecule has 2 heterocycles. The topological polar surface area (TPSA) is 15.7 Å². The highest BCUT2D eigenvalue weighted by Gasteiger charge is 2.19. The van der Waals surface area contributed by atoms with Crippen molar-refractivity contribution in [3.8, 4) is 0 Å². The Bertz CT molecular complexity index is 466. The Morgan fingerprint density at radius 2 is 1.90 bits per heavy atom. The molecule has 0 N–H and O–H groups in total. The van der Waals surface area contributed by atoms with E-state index in [1.807, 2.05) is 0 Å². The fourth-order valence-electron chi connectivity index (χ4n) is 3.37. The molecule has 1 aromatic carbocycles. The van der Waals surface area contributed by atoms with Gasteiger partial charge in [0, 0.05) is 38.4 Å². The Balaban J connectivity index is 1.65. The van der Waals surface area contributed by atoms with Gasteiger partial charge in [-0.3, -0.25) is 4.90 Å². The maximum absolute atomic E-state index is 5.43. The highest BCUT2D eigenvalue weighted by Crippen LogP contribution is 2.30. The van der Waals surface area contributed by atoms with Crippen molar-refractivity contribution in [3.05, 3.63) is 29.3 Å². The normalized spacial score (nSPS) is 19.9. The van der Waals surface area contributed by atoms with Gasteiger partial charge in [-0.2, -0.15) is 0 Å². The molecule has 3 heteroatoms. The molecule has 0 radical (unpaired) electrons. The van der Waals surface area contributed by atoms with E-state index < -0.39 is 0 Å².